The monoisotopic (exact) mass is 356 g/mol. The molecule has 0 aromatic carbocycles. The molecule has 2 aromatic rings. The quantitative estimate of drug-likeness (QED) is 0.844. The zero-order chi connectivity index (χ0) is 18.0. The number of hydrogen-bond donors (Lipinski definition) is 2. The lowest BCUT2D eigenvalue weighted by molar-refractivity contribution is -0.154. The van der Waals surface area contributed by atoms with Gasteiger partial charge in [-0.2, -0.15) is 18.3 Å². The number of nitrogens with one attached hydrogen (secondary N) is 1. The van der Waals surface area contributed by atoms with Gasteiger partial charge in [-0.05, 0) is 18.6 Å². The maximum atomic E-state index is 12.3. The summed E-state index contributed by atoms with van der Waals surface area (Å²) in [5.74, 6) is -0.853. The third-order valence-corrected chi connectivity index (χ3v) is 3.79. The lowest BCUT2D eigenvalue weighted by Gasteiger charge is -2.41. The molecular weight excluding hydrogens is 341 g/mol. The van der Waals surface area contributed by atoms with Gasteiger partial charge in [-0.3, -0.25) is 9.48 Å². The van der Waals surface area contributed by atoms with E-state index in [0.717, 1.165) is 0 Å². The third kappa shape index (κ3) is 4.08. The molecule has 10 heteroatoms. The molecule has 0 bridgehead atoms. The van der Waals surface area contributed by atoms with E-state index in [-0.39, 0.29) is 17.6 Å². The fourth-order valence-corrected chi connectivity index (χ4v) is 2.59. The largest absolute Gasteiger partial charge is 0.468 e. The van der Waals surface area contributed by atoms with Crippen LogP contribution in [0.1, 0.15) is 23.0 Å². The molecule has 3 atom stereocenters. The van der Waals surface area contributed by atoms with Crippen LogP contribution in [0.4, 0.5) is 13.2 Å². The molecule has 2 N–H and O–H groups in total. The molecule has 2 heterocycles. The van der Waals surface area contributed by atoms with Gasteiger partial charge in [0.1, 0.15) is 5.69 Å². The minimum absolute atomic E-state index is 0.0692. The first kappa shape index (κ1) is 17.2. The second-order valence-corrected chi connectivity index (χ2v) is 5.62. The second kappa shape index (κ2) is 6.71. The van der Waals surface area contributed by atoms with Crippen molar-refractivity contribution in [3.05, 3.63) is 42.4 Å². The number of aromatic nitrogens is 3. The molecule has 0 spiro atoms. The molecule has 0 saturated heterocycles. The first-order valence-electron chi connectivity index (χ1n) is 7.48. The predicted octanol–water partition coefficient (Wildman–Crippen LogP) is 1.32. The van der Waals surface area contributed by atoms with E-state index >= 15 is 0 Å². The summed E-state index contributed by atoms with van der Waals surface area (Å²) in [6.07, 6.45) is -1.54. The van der Waals surface area contributed by atoms with Crippen molar-refractivity contribution in [3.8, 4) is 5.88 Å². The van der Waals surface area contributed by atoms with Crippen LogP contribution < -0.4 is 10.1 Å². The molecule has 1 fully saturated rings. The SMILES string of the molecule is O=C(N[C@H]1C[C@@H](O)[C@@H]1n1cccn1)c1cccc(OCC(F)(F)F)n1. The van der Waals surface area contributed by atoms with Crippen molar-refractivity contribution in [2.45, 2.75) is 30.8 Å². The second-order valence-electron chi connectivity index (χ2n) is 5.62. The number of halogens is 3. The normalized spacial score (nSPS) is 23.0. The van der Waals surface area contributed by atoms with E-state index in [0.29, 0.717) is 6.42 Å². The van der Waals surface area contributed by atoms with Crippen molar-refractivity contribution < 1.29 is 27.8 Å². The third-order valence-electron chi connectivity index (χ3n) is 3.79. The molecule has 25 heavy (non-hydrogen) atoms. The van der Waals surface area contributed by atoms with E-state index in [1.54, 1.807) is 23.1 Å². The van der Waals surface area contributed by atoms with Crippen molar-refractivity contribution in [2.24, 2.45) is 0 Å². The Bertz CT molecular complexity index is 736. The highest BCUT2D eigenvalue weighted by Gasteiger charge is 2.42. The lowest BCUT2D eigenvalue weighted by atomic mass is 9.83. The van der Waals surface area contributed by atoms with E-state index in [1.807, 2.05) is 0 Å². The molecule has 1 saturated carbocycles. The molecule has 1 aliphatic rings. The Morgan fingerprint density at radius 2 is 2.20 bits per heavy atom. The van der Waals surface area contributed by atoms with Crippen molar-refractivity contribution in [2.75, 3.05) is 6.61 Å². The van der Waals surface area contributed by atoms with Gasteiger partial charge in [0.2, 0.25) is 5.88 Å². The Kier molecular flexibility index (Phi) is 4.62. The van der Waals surface area contributed by atoms with Crippen molar-refractivity contribution in [1.82, 2.24) is 20.1 Å². The van der Waals surface area contributed by atoms with Gasteiger partial charge in [0.25, 0.3) is 5.91 Å². The number of hydrogen-bond acceptors (Lipinski definition) is 5. The highest BCUT2D eigenvalue weighted by Crippen LogP contribution is 2.32. The van der Waals surface area contributed by atoms with Crippen molar-refractivity contribution in [1.29, 1.82) is 0 Å². The molecule has 3 rings (SSSR count). The van der Waals surface area contributed by atoms with Crippen LogP contribution in [0.2, 0.25) is 0 Å². The average Bonchev–Trinajstić information content (AvgIpc) is 3.05. The molecule has 7 nitrogen and oxygen atoms in total. The molecule has 0 radical (unpaired) electrons. The number of alkyl halides is 3. The van der Waals surface area contributed by atoms with Gasteiger partial charge in [-0.15, -0.1) is 0 Å². The average molecular weight is 356 g/mol. The van der Waals surface area contributed by atoms with Gasteiger partial charge in [-0.1, -0.05) is 6.07 Å². The van der Waals surface area contributed by atoms with E-state index in [2.05, 4.69) is 20.1 Å². The fraction of sp³-hybridized carbons (Fsp3) is 0.400. The van der Waals surface area contributed by atoms with Crippen LogP contribution in [-0.2, 0) is 0 Å². The number of pyridine rings is 1. The number of carbonyl (C=O) groups excluding carboxylic acids is 1. The van der Waals surface area contributed by atoms with Crippen LogP contribution in [-0.4, -0.2) is 50.7 Å². The van der Waals surface area contributed by atoms with E-state index in [4.69, 9.17) is 0 Å². The first-order valence-corrected chi connectivity index (χ1v) is 7.48. The van der Waals surface area contributed by atoms with Gasteiger partial charge < -0.3 is 15.2 Å². The molecule has 1 amide bonds. The molecule has 0 aliphatic heterocycles. The van der Waals surface area contributed by atoms with Gasteiger partial charge >= 0.3 is 6.18 Å². The Hall–Kier alpha value is -2.62. The molecule has 134 valence electrons. The van der Waals surface area contributed by atoms with Crippen LogP contribution in [0, 0.1) is 0 Å². The fourth-order valence-electron chi connectivity index (χ4n) is 2.59. The lowest BCUT2D eigenvalue weighted by Crippen LogP contribution is -2.56. The van der Waals surface area contributed by atoms with Crippen LogP contribution in [0.5, 0.6) is 5.88 Å². The molecule has 1 aliphatic carbocycles. The number of carbonyl (C=O) groups is 1. The maximum absolute atomic E-state index is 12.3. The summed E-state index contributed by atoms with van der Waals surface area (Å²) in [4.78, 5) is 16.0. The van der Waals surface area contributed by atoms with Gasteiger partial charge in [0.15, 0.2) is 6.61 Å². The summed E-state index contributed by atoms with van der Waals surface area (Å²) in [6, 6.07) is 4.93. The molecule has 0 unspecified atom stereocenters. The van der Waals surface area contributed by atoms with E-state index < -0.39 is 30.8 Å². The number of rotatable bonds is 5. The number of aliphatic hydroxyl groups excluding tert-OH is 1. The Balaban J connectivity index is 1.63. The zero-order valence-corrected chi connectivity index (χ0v) is 12.8. The number of aliphatic hydroxyl groups is 1. The highest BCUT2D eigenvalue weighted by atomic mass is 19.4. The molecular formula is C15H15F3N4O3. The topological polar surface area (TPSA) is 89.3 Å². The van der Waals surface area contributed by atoms with Crippen LogP contribution in [0.25, 0.3) is 0 Å². The predicted molar refractivity (Wildman–Crippen MR) is 78.9 cm³/mol. The smallest absolute Gasteiger partial charge is 0.422 e. The van der Waals surface area contributed by atoms with Gasteiger partial charge in [0.05, 0.1) is 18.2 Å². The minimum Gasteiger partial charge on any atom is -0.468 e. The zero-order valence-electron chi connectivity index (χ0n) is 12.8. The summed E-state index contributed by atoms with van der Waals surface area (Å²) in [5, 5.41) is 16.6. The summed E-state index contributed by atoms with van der Waals surface area (Å²) < 4.78 is 42.6. The first-order chi connectivity index (χ1) is 11.8. The van der Waals surface area contributed by atoms with Crippen LogP contribution in [0.15, 0.2) is 36.7 Å². The van der Waals surface area contributed by atoms with E-state index in [1.165, 1.54) is 18.2 Å². The molecule has 2 aromatic heterocycles. The summed E-state index contributed by atoms with van der Waals surface area (Å²) in [7, 11) is 0. The summed E-state index contributed by atoms with van der Waals surface area (Å²) in [5.41, 5.74) is -0.0692. The standard InChI is InChI=1S/C15H15F3N4O3/c16-15(17,18)8-25-12-4-1-3-9(20-12)14(24)21-10-7-11(23)13(10)22-6-2-5-19-22/h1-6,10-11,13,23H,7-8H2,(H,21,24)/t10-,11+,13+/m0/s1. The summed E-state index contributed by atoms with van der Waals surface area (Å²) in [6.45, 7) is -1.48. The van der Waals surface area contributed by atoms with Gasteiger partial charge in [-0.25, -0.2) is 4.98 Å². The van der Waals surface area contributed by atoms with Crippen LogP contribution in [0.3, 0.4) is 0 Å². The van der Waals surface area contributed by atoms with Crippen LogP contribution >= 0.6 is 0 Å². The Morgan fingerprint density at radius 3 is 2.84 bits per heavy atom. The number of ether oxygens (including phenoxy) is 1. The minimum atomic E-state index is -4.49. The van der Waals surface area contributed by atoms with Crippen molar-refractivity contribution >= 4 is 5.91 Å². The van der Waals surface area contributed by atoms with Gasteiger partial charge in [0, 0.05) is 18.5 Å². The Morgan fingerprint density at radius 1 is 1.40 bits per heavy atom. The Labute approximate surface area is 140 Å². The summed E-state index contributed by atoms with van der Waals surface area (Å²) >= 11 is 0. The number of amides is 1. The van der Waals surface area contributed by atoms with Crippen molar-refractivity contribution in [3.63, 3.8) is 0 Å². The van der Waals surface area contributed by atoms with E-state index in [9.17, 15) is 23.1 Å². The number of nitrogens with zero attached hydrogens (tertiary/aromatic N) is 3. The maximum Gasteiger partial charge on any atom is 0.422 e. The highest BCUT2D eigenvalue weighted by molar-refractivity contribution is 5.92.